The van der Waals surface area contributed by atoms with Gasteiger partial charge in [-0.1, -0.05) is 96.1 Å². The molecule has 0 fully saturated rings. The van der Waals surface area contributed by atoms with Crippen molar-refractivity contribution in [1.29, 1.82) is 0 Å². The van der Waals surface area contributed by atoms with Gasteiger partial charge in [-0.05, 0) is 123 Å². The highest BCUT2D eigenvalue weighted by Crippen LogP contribution is 2.37. The number of rotatable bonds is 8. The molecule has 6 aromatic carbocycles. The summed E-state index contributed by atoms with van der Waals surface area (Å²) in [5.74, 6) is 0. The summed E-state index contributed by atoms with van der Waals surface area (Å²) in [6, 6.07) is 52.2. The summed E-state index contributed by atoms with van der Waals surface area (Å²) in [5, 5.41) is 0. The van der Waals surface area contributed by atoms with Crippen LogP contribution >= 0.6 is 0 Å². The fourth-order valence-electron chi connectivity index (χ4n) is 5.60. The average molecular weight is 571 g/mol. The standard InChI is InChI=1S/C42H38N2/c1-31-10-20-38(21-11-31)43(39-22-12-32(2)13-23-39)40-24-16-35(17-25-40)14-15-36-18-26-41(27-19-36)44(37-8-6-5-7-9-37)42-29-33(3)28-34(4)30-42/h5-30H,1-4H3/b15-14+. The number of para-hydroxylation sites is 1. The molecule has 44 heavy (non-hydrogen) atoms. The van der Waals surface area contributed by atoms with Crippen molar-refractivity contribution in [3.8, 4) is 0 Å². The highest BCUT2D eigenvalue weighted by atomic mass is 15.1. The van der Waals surface area contributed by atoms with E-state index in [9.17, 15) is 0 Å². The van der Waals surface area contributed by atoms with Gasteiger partial charge >= 0.3 is 0 Å². The Morgan fingerprint density at radius 2 is 0.659 bits per heavy atom. The number of anilines is 6. The molecule has 0 unspecified atom stereocenters. The van der Waals surface area contributed by atoms with Crippen LogP contribution < -0.4 is 9.80 Å². The van der Waals surface area contributed by atoms with E-state index in [1.54, 1.807) is 0 Å². The van der Waals surface area contributed by atoms with Crippen LogP contribution in [0.3, 0.4) is 0 Å². The SMILES string of the molecule is Cc1ccc(N(c2ccc(C)cc2)c2ccc(/C=C/c3ccc(N(c4ccccc4)c4cc(C)cc(C)c4)cc3)cc2)cc1. The van der Waals surface area contributed by atoms with Crippen LogP contribution in [-0.2, 0) is 0 Å². The summed E-state index contributed by atoms with van der Waals surface area (Å²) in [6.45, 7) is 8.56. The minimum Gasteiger partial charge on any atom is -0.311 e. The quantitative estimate of drug-likeness (QED) is 0.168. The maximum Gasteiger partial charge on any atom is 0.0466 e. The van der Waals surface area contributed by atoms with Crippen molar-refractivity contribution in [2.75, 3.05) is 9.80 Å². The number of nitrogens with zero attached hydrogens (tertiary/aromatic N) is 2. The topological polar surface area (TPSA) is 6.48 Å². The molecule has 0 atom stereocenters. The van der Waals surface area contributed by atoms with Crippen LogP contribution in [-0.4, -0.2) is 0 Å². The second-order valence-corrected chi connectivity index (χ2v) is 11.5. The zero-order valence-corrected chi connectivity index (χ0v) is 25.9. The molecule has 0 spiro atoms. The van der Waals surface area contributed by atoms with Crippen LogP contribution in [0.2, 0.25) is 0 Å². The molecule has 0 aliphatic rings. The summed E-state index contributed by atoms with van der Waals surface area (Å²) in [7, 11) is 0. The van der Waals surface area contributed by atoms with Crippen molar-refractivity contribution >= 4 is 46.3 Å². The Labute approximate surface area is 262 Å². The van der Waals surface area contributed by atoms with Gasteiger partial charge in [0.15, 0.2) is 0 Å². The lowest BCUT2D eigenvalue weighted by Gasteiger charge is -2.26. The monoisotopic (exact) mass is 570 g/mol. The predicted octanol–water partition coefficient (Wildman–Crippen LogP) is 12.0. The minimum absolute atomic E-state index is 1.13. The Hall–Kier alpha value is -5.34. The lowest BCUT2D eigenvalue weighted by Crippen LogP contribution is -2.10. The maximum absolute atomic E-state index is 2.32. The molecule has 0 bridgehead atoms. The van der Waals surface area contributed by atoms with E-state index in [-0.39, 0.29) is 0 Å². The Balaban J connectivity index is 1.24. The van der Waals surface area contributed by atoms with Crippen molar-refractivity contribution in [3.05, 3.63) is 179 Å². The molecular formula is C42H38N2. The van der Waals surface area contributed by atoms with Crippen molar-refractivity contribution in [3.63, 3.8) is 0 Å². The first-order chi connectivity index (χ1) is 21.4. The number of hydrogen-bond donors (Lipinski definition) is 0. The molecule has 2 nitrogen and oxygen atoms in total. The van der Waals surface area contributed by atoms with Crippen molar-refractivity contribution in [1.82, 2.24) is 0 Å². The van der Waals surface area contributed by atoms with E-state index in [0.29, 0.717) is 0 Å². The molecule has 6 aromatic rings. The van der Waals surface area contributed by atoms with Gasteiger partial charge in [0.2, 0.25) is 0 Å². The van der Waals surface area contributed by atoms with Gasteiger partial charge in [-0.25, -0.2) is 0 Å². The van der Waals surface area contributed by atoms with Crippen LogP contribution in [0.15, 0.2) is 146 Å². The second kappa shape index (κ2) is 12.9. The fraction of sp³-hybridized carbons (Fsp3) is 0.0952. The molecule has 0 aliphatic heterocycles. The Kier molecular flexibility index (Phi) is 8.43. The van der Waals surface area contributed by atoms with Gasteiger partial charge in [0.25, 0.3) is 0 Å². The van der Waals surface area contributed by atoms with Crippen LogP contribution in [0.4, 0.5) is 34.1 Å². The number of aryl methyl sites for hydroxylation is 4. The normalized spacial score (nSPS) is 11.1. The van der Waals surface area contributed by atoms with Crippen molar-refractivity contribution in [2.45, 2.75) is 27.7 Å². The smallest absolute Gasteiger partial charge is 0.0466 e. The van der Waals surface area contributed by atoms with E-state index in [1.165, 1.54) is 27.9 Å². The van der Waals surface area contributed by atoms with E-state index in [0.717, 1.165) is 39.6 Å². The van der Waals surface area contributed by atoms with Gasteiger partial charge in [-0.15, -0.1) is 0 Å². The Bertz CT molecular complexity index is 1780. The molecule has 6 rings (SSSR count). The van der Waals surface area contributed by atoms with Crippen LogP contribution in [0.25, 0.3) is 12.2 Å². The van der Waals surface area contributed by atoms with Gasteiger partial charge in [-0.2, -0.15) is 0 Å². The highest BCUT2D eigenvalue weighted by Gasteiger charge is 2.14. The summed E-state index contributed by atoms with van der Waals surface area (Å²) in [4.78, 5) is 4.62. The van der Waals surface area contributed by atoms with E-state index in [1.807, 2.05) is 0 Å². The second-order valence-electron chi connectivity index (χ2n) is 11.5. The third-order valence-corrected chi connectivity index (χ3v) is 7.83. The third kappa shape index (κ3) is 6.66. The number of benzene rings is 6. The Morgan fingerprint density at radius 1 is 0.318 bits per heavy atom. The van der Waals surface area contributed by atoms with Gasteiger partial charge in [-0.3, -0.25) is 0 Å². The first-order valence-electron chi connectivity index (χ1n) is 15.2. The van der Waals surface area contributed by atoms with E-state index >= 15 is 0 Å². The molecule has 216 valence electrons. The summed E-state index contributed by atoms with van der Waals surface area (Å²) in [5.41, 5.74) is 14.2. The highest BCUT2D eigenvalue weighted by molar-refractivity contribution is 5.80. The van der Waals surface area contributed by atoms with Crippen LogP contribution in [0, 0.1) is 27.7 Å². The molecule has 0 aliphatic carbocycles. The largest absolute Gasteiger partial charge is 0.311 e. The predicted molar refractivity (Wildman–Crippen MR) is 190 cm³/mol. The zero-order chi connectivity index (χ0) is 30.5. The minimum atomic E-state index is 1.13. The van der Waals surface area contributed by atoms with E-state index in [4.69, 9.17) is 0 Å². The van der Waals surface area contributed by atoms with Crippen LogP contribution in [0.1, 0.15) is 33.4 Å². The van der Waals surface area contributed by atoms with Gasteiger partial charge in [0.05, 0.1) is 0 Å². The molecular weight excluding hydrogens is 532 g/mol. The third-order valence-electron chi connectivity index (χ3n) is 7.83. The maximum atomic E-state index is 2.32. The van der Waals surface area contributed by atoms with Crippen molar-refractivity contribution in [2.24, 2.45) is 0 Å². The summed E-state index contributed by atoms with van der Waals surface area (Å²) in [6.07, 6.45) is 4.36. The molecule has 0 N–H and O–H groups in total. The molecule has 0 amide bonds. The lowest BCUT2D eigenvalue weighted by atomic mass is 10.1. The molecule has 0 saturated carbocycles. The lowest BCUT2D eigenvalue weighted by molar-refractivity contribution is 1.25. The van der Waals surface area contributed by atoms with Gasteiger partial charge in [0.1, 0.15) is 0 Å². The van der Waals surface area contributed by atoms with E-state index < -0.39 is 0 Å². The average Bonchev–Trinajstić information content (AvgIpc) is 3.03. The fourth-order valence-corrected chi connectivity index (χ4v) is 5.60. The van der Waals surface area contributed by atoms with Crippen LogP contribution in [0.5, 0.6) is 0 Å². The van der Waals surface area contributed by atoms with Crippen molar-refractivity contribution < 1.29 is 0 Å². The zero-order valence-electron chi connectivity index (χ0n) is 25.9. The van der Waals surface area contributed by atoms with E-state index in [2.05, 4.69) is 195 Å². The molecule has 0 radical (unpaired) electrons. The molecule has 0 heterocycles. The molecule has 2 heteroatoms. The van der Waals surface area contributed by atoms with Gasteiger partial charge < -0.3 is 9.80 Å². The summed E-state index contributed by atoms with van der Waals surface area (Å²) >= 11 is 0. The molecule has 0 saturated heterocycles. The first kappa shape index (κ1) is 28.8. The first-order valence-corrected chi connectivity index (χ1v) is 15.2. The molecule has 0 aromatic heterocycles. The number of hydrogen-bond acceptors (Lipinski definition) is 2. The Morgan fingerprint density at radius 3 is 1.07 bits per heavy atom. The van der Waals surface area contributed by atoms with Gasteiger partial charge in [0, 0.05) is 34.1 Å². The summed E-state index contributed by atoms with van der Waals surface area (Å²) < 4.78 is 0.